The minimum absolute atomic E-state index is 0.00341. The monoisotopic (exact) mass is 335 g/mol. The van der Waals surface area contributed by atoms with E-state index in [0.717, 1.165) is 25.9 Å². The molecule has 0 saturated carbocycles. The van der Waals surface area contributed by atoms with Crippen LogP contribution in [0, 0.1) is 0 Å². The van der Waals surface area contributed by atoms with Crippen LogP contribution < -0.4 is 20.1 Å². The quantitative estimate of drug-likeness (QED) is 0.818. The van der Waals surface area contributed by atoms with Gasteiger partial charge in [0, 0.05) is 32.1 Å². The molecule has 0 spiro atoms. The Hall–Kier alpha value is -2.28. The lowest BCUT2D eigenvalue weighted by Crippen LogP contribution is -2.46. The number of anilines is 1. The molecule has 24 heavy (non-hydrogen) atoms. The number of hydrogen-bond donors (Lipinski definition) is 2. The van der Waals surface area contributed by atoms with Crippen molar-refractivity contribution in [2.45, 2.75) is 25.8 Å². The first-order valence-electron chi connectivity index (χ1n) is 8.03. The summed E-state index contributed by atoms with van der Waals surface area (Å²) in [6.45, 7) is 3.41. The van der Waals surface area contributed by atoms with Gasteiger partial charge in [-0.15, -0.1) is 0 Å². The van der Waals surface area contributed by atoms with Gasteiger partial charge in [0.2, 0.25) is 11.8 Å². The Labute approximate surface area is 142 Å². The number of nitrogens with zero attached hydrogens (tertiary/aromatic N) is 1. The SMILES string of the molecule is COc1ccc(OC)c(NC(=O)CN2CCC(NC(C)=O)CC2)c1. The Kier molecular flexibility index (Phi) is 6.43. The van der Waals surface area contributed by atoms with Crippen molar-refractivity contribution in [1.29, 1.82) is 0 Å². The number of benzene rings is 1. The van der Waals surface area contributed by atoms with Crippen molar-refractivity contribution in [2.75, 3.05) is 39.2 Å². The van der Waals surface area contributed by atoms with Crippen molar-refractivity contribution in [3.05, 3.63) is 18.2 Å². The number of likely N-dealkylation sites (tertiary alicyclic amines) is 1. The largest absolute Gasteiger partial charge is 0.497 e. The fourth-order valence-electron chi connectivity index (χ4n) is 2.83. The van der Waals surface area contributed by atoms with Crippen molar-refractivity contribution in [3.8, 4) is 11.5 Å². The van der Waals surface area contributed by atoms with Gasteiger partial charge in [-0.2, -0.15) is 0 Å². The van der Waals surface area contributed by atoms with Gasteiger partial charge < -0.3 is 20.1 Å². The van der Waals surface area contributed by atoms with Crippen LogP contribution in [-0.4, -0.2) is 56.6 Å². The van der Waals surface area contributed by atoms with E-state index in [1.54, 1.807) is 32.4 Å². The van der Waals surface area contributed by atoms with Gasteiger partial charge in [0.15, 0.2) is 0 Å². The van der Waals surface area contributed by atoms with Crippen molar-refractivity contribution in [3.63, 3.8) is 0 Å². The van der Waals surface area contributed by atoms with E-state index in [9.17, 15) is 9.59 Å². The van der Waals surface area contributed by atoms with E-state index in [1.807, 2.05) is 0 Å². The van der Waals surface area contributed by atoms with E-state index in [1.165, 1.54) is 6.92 Å². The highest BCUT2D eigenvalue weighted by atomic mass is 16.5. The maximum atomic E-state index is 12.3. The van der Waals surface area contributed by atoms with Crippen molar-refractivity contribution >= 4 is 17.5 Å². The number of nitrogens with one attached hydrogen (secondary N) is 2. The van der Waals surface area contributed by atoms with Crippen LogP contribution in [0.2, 0.25) is 0 Å². The van der Waals surface area contributed by atoms with Gasteiger partial charge in [-0.1, -0.05) is 0 Å². The fourth-order valence-corrected chi connectivity index (χ4v) is 2.83. The molecule has 132 valence electrons. The first kappa shape index (κ1) is 18.1. The van der Waals surface area contributed by atoms with Gasteiger partial charge in [0.1, 0.15) is 11.5 Å². The maximum absolute atomic E-state index is 12.3. The molecule has 0 aromatic heterocycles. The standard InChI is InChI=1S/C17H25N3O4/c1-12(21)18-13-6-8-20(9-7-13)11-17(22)19-15-10-14(23-2)4-5-16(15)24-3/h4-5,10,13H,6-9,11H2,1-3H3,(H,18,21)(H,19,22). The first-order valence-corrected chi connectivity index (χ1v) is 8.03. The second kappa shape index (κ2) is 8.54. The minimum atomic E-state index is -0.0977. The average Bonchev–Trinajstić information content (AvgIpc) is 2.56. The van der Waals surface area contributed by atoms with Gasteiger partial charge in [0.25, 0.3) is 0 Å². The lowest BCUT2D eigenvalue weighted by molar-refractivity contribution is -0.121. The van der Waals surface area contributed by atoms with E-state index in [4.69, 9.17) is 9.47 Å². The zero-order valence-electron chi connectivity index (χ0n) is 14.4. The number of hydrogen-bond acceptors (Lipinski definition) is 5. The molecule has 7 heteroatoms. The van der Waals surface area contributed by atoms with Gasteiger partial charge in [-0.3, -0.25) is 14.5 Å². The molecule has 1 heterocycles. The molecule has 0 aliphatic carbocycles. The molecule has 0 atom stereocenters. The molecule has 1 aromatic rings. The summed E-state index contributed by atoms with van der Waals surface area (Å²) < 4.78 is 10.4. The van der Waals surface area contributed by atoms with Crippen molar-refractivity contribution < 1.29 is 19.1 Å². The summed E-state index contributed by atoms with van der Waals surface area (Å²) in [7, 11) is 3.14. The summed E-state index contributed by atoms with van der Waals surface area (Å²) in [6, 6.07) is 5.48. The van der Waals surface area contributed by atoms with E-state index in [0.29, 0.717) is 23.7 Å². The number of amides is 2. The van der Waals surface area contributed by atoms with Crippen LogP contribution in [0.1, 0.15) is 19.8 Å². The second-order valence-corrected chi connectivity index (χ2v) is 5.87. The number of methoxy groups -OCH3 is 2. The number of carbonyl (C=O) groups excluding carboxylic acids is 2. The summed E-state index contributed by atoms with van der Waals surface area (Å²) >= 11 is 0. The summed E-state index contributed by atoms with van der Waals surface area (Å²) in [5, 5.41) is 5.80. The van der Waals surface area contributed by atoms with Gasteiger partial charge in [-0.05, 0) is 25.0 Å². The molecule has 1 saturated heterocycles. The molecule has 1 aromatic carbocycles. The van der Waals surface area contributed by atoms with Crippen molar-refractivity contribution in [1.82, 2.24) is 10.2 Å². The third kappa shape index (κ3) is 5.13. The summed E-state index contributed by atoms with van der Waals surface area (Å²) in [4.78, 5) is 25.4. The Morgan fingerprint density at radius 3 is 2.50 bits per heavy atom. The molecule has 0 bridgehead atoms. The molecule has 0 radical (unpaired) electrons. The normalized spacial score (nSPS) is 15.6. The summed E-state index contributed by atoms with van der Waals surface area (Å²) in [5.74, 6) is 1.14. The Morgan fingerprint density at radius 1 is 1.21 bits per heavy atom. The predicted molar refractivity (Wildman–Crippen MR) is 91.5 cm³/mol. The van der Waals surface area contributed by atoms with Crippen LogP contribution in [0.15, 0.2) is 18.2 Å². The van der Waals surface area contributed by atoms with Gasteiger partial charge >= 0.3 is 0 Å². The Bertz CT molecular complexity index is 583. The van der Waals surface area contributed by atoms with Crippen molar-refractivity contribution in [2.24, 2.45) is 0 Å². The predicted octanol–water partition coefficient (Wildman–Crippen LogP) is 1.24. The molecule has 0 unspecified atom stereocenters. The van der Waals surface area contributed by atoms with E-state index in [2.05, 4.69) is 15.5 Å². The topological polar surface area (TPSA) is 79.9 Å². The smallest absolute Gasteiger partial charge is 0.238 e. The average molecular weight is 335 g/mol. The van der Waals surface area contributed by atoms with Gasteiger partial charge in [0.05, 0.1) is 26.5 Å². The van der Waals surface area contributed by atoms with Crippen LogP contribution in [0.3, 0.4) is 0 Å². The zero-order valence-corrected chi connectivity index (χ0v) is 14.4. The summed E-state index contributed by atoms with van der Waals surface area (Å²) in [5.41, 5.74) is 0.593. The zero-order chi connectivity index (χ0) is 17.5. The molecule has 7 nitrogen and oxygen atoms in total. The Morgan fingerprint density at radius 2 is 1.92 bits per heavy atom. The van der Waals surface area contributed by atoms with Crippen LogP contribution in [0.25, 0.3) is 0 Å². The summed E-state index contributed by atoms with van der Waals surface area (Å²) in [6.07, 6.45) is 1.71. The van der Waals surface area contributed by atoms with E-state index >= 15 is 0 Å². The van der Waals surface area contributed by atoms with Crippen LogP contribution >= 0.6 is 0 Å². The molecule has 2 N–H and O–H groups in total. The highest BCUT2D eigenvalue weighted by Gasteiger charge is 2.21. The molecule has 1 fully saturated rings. The number of ether oxygens (including phenoxy) is 2. The molecular formula is C17H25N3O4. The van der Waals surface area contributed by atoms with Crippen LogP contribution in [0.4, 0.5) is 5.69 Å². The maximum Gasteiger partial charge on any atom is 0.238 e. The third-order valence-corrected chi connectivity index (χ3v) is 4.04. The third-order valence-electron chi connectivity index (χ3n) is 4.04. The fraction of sp³-hybridized carbons (Fsp3) is 0.529. The van der Waals surface area contributed by atoms with Gasteiger partial charge in [-0.25, -0.2) is 0 Å². The number of rotatable bonds is 6. The molecule has 2 amide bonds. The highest BCUT2D eigenvalue weighted by molar-refractivity contribution is 5.94. The van der Waals surface area contributed by atoms with E-state index in [-0.39, 0.29) is 17.9 Å². The number of carbonyl (C=O) groups is 2. The lowest BCUT2D eigenvalue weighted by atomic mass is 10.1. The van der Waals surface area contributed by atoms with Crippen LogP contribution in [0.5, 0.6) is 11.5 Å². The number of piperidine rings is 1. The molecule has 1 aliphatic rings. The lowest BCUT2D eigenvalue weighted by Gasteiger charge is -2.31. The minimum Gasteiger partial charge on any atom is -0.497 e. The first-order chi connectivity index (χ1) is 11.5. The van der Waals surface area contributed by atoms with E-state index < -0.39 is 0 Å². The second-order valence-electron chi connectivity index (χ2n) is 5.87. The highest BCUT2D eigenvalue weighted by Crippen LogP contribution is 2.28. The molecular weight excluding hydrogens is 310 g/mol. The molecule has 2 rings (SSSR count). The Balaban J connectivity index is 1.87. The van der Waals surface area contributed by atoms with Crippen LogP contribution in [-0.2, 0) is 9.59 Å². The molecule has 1 aliphatic heterocycles.